The lowest BCUT2D eigenvalue weighted by Gasteiger charge is -2.52. The molecular weight excluding hydrogens is 304 g/mol. The average molecular weight is 326 g/mol. The maximum Gasteiger partial charge on any atom is 0.274 e. The summed E-state index contributed by atoms with van der Waals surface area (Å²) in [4.78, 5) is 22.8. The molecule has 0 aromatic carbocycles. The first kappa shape index (κ1) is 15.1. The molecule has 24 heavy (non-hydrogen) atoms. The molecule has 2 aromatic rings. The Morgan fingerprint density at radius 2 is 1.96 bits per heavy atom. The average Bonchev–Trinajstić information content (AvgIpc) is 3.01. The van der Waals surface area contributed by atoms with Crippen LogP contribution in [0.5, 0.6) is 0 Å². The van der Waals surface area contributed by atoms with Crippen LogP contribution in [0.15, 0.2) is 30.7 Å². The second-order valence-electron chi connectivity index (χ2n) is 6.99. The predicted octanol–water partition coefficient (Wildman–Crippen LogP) is 1.71. The number of rotatable bonds is 3. The van der Waals surface area contributed by atoms with Crippen LogP contribution in [-0.4, -0.2) is 49.7 Å². The van der Waals surface area contributed by atoms with E-state index in [-0.39, 0.29) is 5.91 Å². The summed E-state index contributed by atoms with van der Waals surface area (Å²) in [6, 6.07) is 4.06. The molecule has 1 N–H and O–H groups in total. The molecule has 7 nitrogen and oxygen atoms in total. The summed E-state index contributed by atoms with van der Waals surface area (Å²) in [6.45, 7) is 1.65. The number of anilines is 1. The third-order valence-electron chi connectivity index (χ3n) is 5.30. The van der Waals surface area contributed by atoms with Crippen molar-refractivity contribution in [2.75, 3.05) is 18.4 Å². The molecular formula is C17H22N6O. The van der Waals surface area contributed by atoms with Gasteiger partial charge in [-0.25, -0.2) is 9.97 Å². The molecule has 3 heterocycles. The summed E-state index contributed by atoms with van der Waals surface area (Å²) in [5.74, 6) is 0.761. The van der Waals surface area contributed by atoms with Gasteiger partial charge in [0.15, 0.2) is 0 Å². The van der Waals surface area contributed by atoms with Crippen molar-refractivity contribution in [1.82, 2.24) is 24.6 Å². The van der Waals surface area contributed by atoms with E-state index in [0.29, 0.717) is 23.1 Å². The molecule has 1 spiro atoms. The van der Waals surface area contributed by atoms with Crippen LogP contribution < -0.4 is 5.32 Å². The van der Waals surface area contributed by atoms with E-state index < -0.39 is 0 Å². The number of hydrogen-bond donors (Lipinski definition) is 1. The quantitative estimate of drug-likeness (QED) is 0.929. The number of carbonyl (C=O) groups excluding carboxylic acids is 1. The van der Waals surface area contributed by atoms with E-state index in [9.17, 15) is 4.79 Å². The summed E-state index contributed by atoms with van der Waals surface area (Å²) in [7, 11) is 1.83. The van der Waals surface area contributed by atoms with E-state index in [1.54, 1.807) is 23.1 Å². The molecule has 1 saturated carbocycles. The molecule has 4 rings (SSSR count). The fourth-order valence-electron chi connectivity index (χ4n) is 3.93. The Hall–Kier alpha value is -2.44. The Morgan fingerprint density at radius 1 is 1.25 bits per heavy atom. The van der Waals surface area contributed by atoms with Crippen molar-refractivity contribution in [3.8, 4) is 0 Å². The minimum absolute atomic E-state index is 0.0529. The fraction of sp³-hybridized carbons (Fsp3) is 0.529. The number of aryl methyl sites for hydroxylation is 1. The van der Waals surface area contributed by atoms with Crippen molar-refractivity contribution in [3.63, 3.8) is 0 Å². The van der Waals surface area contributed by atoms with Gasteiger partial charge in [-0.1, -0.05) is 0 Å². The Bertz CT molecular complexity index is 712. The van der Waals surface area contributed by atoms with Gasteiger partial charge in [-0.15, -0.1) is 0 Å². The highest BCUT2D eigenvalue weighted by molar-refractivity contribution is 5.92. The largest absolute Gasteiger partial charge is 0.351 e. The zero-order chi connectivity index (χ0) is 16.6. The van der Waals surface area contributed by atoms with E-state index in [2.05, 4.69) is 20.4 Å². The minimum atomic E-state index is 0.0529. The second-order valence-corrected chi connectivity index (χ2v) is 6.99. The van der Waals surface area contributed by atoms with Crippen molar-refractivity contribution < 1.29 is 4.79 Å². The van der Waals surface area contributed by atoms with Crippen molar-refractivity contribution in [2.24, 2.45) is 12.5 Å². The van der Waals surface area contributed by atoms with Gasteiger partial charge in [0.2, 0.25) is 5.95 Å². The first-order chi connectivity index (χ1) is 11.6. The van der Waals surface area contributed by atoms with Crippen molar-refractivity contribution >= 4 is 11.9 Å². The Labute approximate surface area is 141 Å². The maximum absolute atomic E-state index is 12.5. The molecule has 2 aliphatic rings. The van der Waals surface area contributed by atoms with Gasteiger partial charge in [-0.05, 0) is 43.2 Å². The summed E-state index contributed by atoms with van der Waals surface area (Å²) in [5.41, 5.74) is 0.927. The van der Waals surface area contributed by atoms with E-state index in [4.69, 9.17) is 0 Å². The third kappa shape index (κ3) is 2.86. The van der Waals surface area contributed by atoms with Crippen LogP contribution in [-0.2, 0) is 7.05 Å². The molecule has 1 saturated heterocycles. The Balaban J connectivity index is 1.29. The maximum atomic E-state index is 12.5. The summed E-state index contributed by atoms with van der Waals surface area (Å²) < 4.78 is 1.67. The molecule has 0 atom stereocenters. The van der Waals surface area contributed by atoms with Crippen LogP contribution >= 0.6 is 0 Å². The lowest BCUT2D eigenvalue weighted by atomic mass is 9.60. The number of piperidine rings is 1. The first-order valence-electron chi connectivity index (χ1n) is 8.46. The molecule has 2 aromatic heterocycles. The van der Waals surface area contributed by atoms with Gasteiger partial charge in [0.05, 0.1) is 0 Å². The van der Waals surface area contributed by atoms with Gasteiger partial charge in [0.1, 0.15) is 5.69 Å². The van der Waals surface area contributed by atoms with Crippen LogP contribution in [0.2, 0.25) is 0 Å². The number of likely N-dealkylation sites (tertiary alicyclic amines) is 1. The Kier molecular flexibility index (Phi) is 3.70. The van der Waals surface area contributed by atoms with Crippen LogP contribution in [0.25, 0.3) is 0 Å². The van der Waals surface area contributed by atoms with Crippen LogP contribution in [0.1, 0.15) is 36.2 Å². The highest BCUT2D eigenvalue weighted by atomic mass is 16.2. The fourth-order valence-corrected chi connectivity index (χ4v) is 3.93. The molecule has 0 bridgehead atoms. The molecule has 0 unspecified atom stereocenters. The van der Waals surface area contributed by atoms with Gasteiger partial charge in [-0.2, -0.15) is 5.10 Å². The lowest BCUT2D eigenvalue weighted by Crippen LogP contribution is -2.52. The van der Waals surface area contributed by atoms with Crippen molar-refractivity contribution in [3.05, 3.63) is 36.4 Å². The van der Waals surface area contributed by atoms with Gasteiger partial charge in [0.25, 0.3) is 5.91 Å². The van der Waals surface area contributed by atoms with Crippen LogP contribution in [0, 0.1) is 5.41 Å². The number of nitrogens with one attached hydrogen (secondary N) is 1. The number of hydrogen-bond acceptors (Lipinski definition) is 5. The topological polar surface area (TPSA) is 75.9 Å². The number of aromatic nitrogens is 4. The van der Waals surface area contributed by atoms with E-state index in [1.807, 2.05) is 24.2 Å². The van der Waals surface area contributed by atoms with Gasteiger partial charge < -0.3 is 10.2 Å². The summed E-state index contributed by atoms with van der Waals surface area (Å²) >= 11 is 0. The monoisotopic (exact) mass is 326 g/mol. The van der Waals surface area contributed by atoms with Crippen molar-refractivity contribution in [2.45, 2.75) is 31.7 Å². The highest BCUT2D eigenvalue weighted by Crippen LogP contribution is 2.49. The first-order valence-corrected chi connectivity index (χ1v) is 8.46. The zero-order valence-electron chi connectivity index (χ0n) is 13.9. The third-order valence-corrected chi connectivity index (χ3v) is 5.30. The molecule has 0 radical (unpaired) electrons. The molecule has 1 aliphatic heterocycles. The molecule has 2 fully saturated rings. The normalized spacial score (nSPS) is 20.0. The van der Waals surface area contributed by atoms with Crippen molar-refractivity contribution in [1.29, 1.82) is 0 Å². The molecule has 1 amide bonds. The predicted molar refractivity (Wildman–Crippen MR) is 89.5 cm³/mol. The summed E-state index contributed by atoms with van der Waals surface area (Å²) in [6.07, 6.45) is 9.73. The van der Waals surface area contributed by atoms with E-state index in [0.717, 1.165) is 38.8 Å². The standard InChI is InChI=1S/C17H22N6O/c1-22-8-3-14(21-22)15(24)23-9-4-17(5-10-23)11-13(12-17)20-16-18-6-2-7-19-16/h2-3,6-8,13H,4-5,9-12H2,1H3,(H,18,19,20). The minimum Gasteiger partial charge on any atom is -0.351 e. The SMILES string of the molecule is Cn1ccc(C(=O)N2CCC3(CC2)CC(Nc2ncccn2)C3)n1. The second kappa shape index (κ2) is 5.89. The number of amides is 1. The molecule has 126 valence electrons. The van der Waals surface area contributed by atoms with Crippen LogP contribution in [0.4, 0.5) is 5.95 Å². The number of nitrogens with zero attached hydrogens (tertiary/aromatic N) is 5. The lowest BCUT2D eigenvalue weighted by molar-refractivity contribution is 0.0215. The number of carbonyl (C=O) groups is 1. The molecule has 1 aliphatic carbocycles. The molecule has 7 heteroatoms. The van der Waals surface area contributed by atoms with Crippen LogP contribution in [0.3, 0.4) is 0 Å². The Morgan fingerprint density at radius 3 is 2.58 bits per heavy atom. The van der Waals surface area contributed by atoms with E-state index >= 15 is 0 Å². The highest BCUT2D eigenvalue weighted by Gasteiger charge is 2.46. The van der Waals surface area contributed by atoms with Gasteiger partial charge in [-0.3, -0.25) is 9.48 Å². The zero-order valence-corrected chi connectivity index (χ0v) is 13.9. The smallest absolute Gasteiger partial charge is 0.274 e. The van der Waals surface area contributed by atoms with E-state index in [1.165, 1.54) is 0 Å². The van der Waals surface area contributed by atoms with Gasteiger partial charge >= 0.3 is 0 Å². The van der Waals surface area contributed by atoms with Gasteiger partial charge in [0, 0.05) is 44.8 Å². The summed E-state index contributed by atoms with van der Waals surface area (Å²) in [5, 5.41) is 7.61.